The molecule has 1 amide bonds. The number of nitrogens with one attached hydrogen (secondary N) is 1. The lowest BCUT2D eigenvalue weighted by Gasteiger charge is -2.36. The van der Waals surface area contributed by atoms with E-state index in [1.165, 1.54) is 19.4 Å². The molecule has 31 heavy (non-hydrogen) atoms. The summed E-state index contributed by atoms with van der Waals surface area (Å²) in [6.45, 7) is 5.53. The van der Waals surface area contributed by atoms with Gasteiger partial charge in [0, 0.05) is 55.3 Å². The monoisotopic (exact) mass is 435 g/mol. The molecule has 160 valence electrons. The van der Waals surface area contributed by atoms with Gasteiger partial charge < -0.3 is 10.2 Å². The number of halogens is 1. The zero-order chi connectivity index (χ0) is 21.2. The first-order valence-electron chi connectivity index (χ1n) is 10.8. The fourth-order valence-electron chi connectivity index (χ4n) is 4.01. The van der Waals surface area contributed by atoms with E-state index in [1.807, 2.05) is 24.3 Å². The Hall–Kier alpha value is -2.83. The topological polar surface area (TPSA) is 53.4 Å². The SMILES string of the molecule is O=C(Nc1cccc(N2CCN(CC3CC3)CC2)c1)c1cnn(-c2ccc(Cl)cc2)c1. The van der Waals surface area contributed by atoms with E-state index < -0.39 is 0 Å². The number of anilines is 2. The third-order valence-corrected chi connectivity index (χ3v) is 6.24. The first kappa shape index (κ1) is 20.1. The number of hydrogen-bond acceptors (Lipinski definition) is 4. The maximum Gasteiger partial charge on any atom is 0.258 e. The van der Waals surface area contributed by atoms with Crippen molar-refractivity contribution in [2.75, 3.05) is 42.9 Å². The molecule has 2 aromatic carbocycles. The Kier molecular flexibility index (Phi) is 5.66. The third kappa shape index (κ3) is 4.92. The van der Waals surface area contributed by atoms with Gasteiger partial charge in [-0.25, -0.2) is 4.68 Å². The fourth-order valence-corrected chi connectivity index (χ4v) is 4.14. The molecule has 0 spiro atoms. The van der Waals surface area contributed by atoms with Crippen molar-refractivity contribution < 1.29 is 4.79 Å². The Morgan fingerprint density at radius 2 is 1.81 bits per heavy atom. The number of aromatic nitrogens is 2. The largest absolute Gasteiger partial charge is 0.369 e. The van der Waals surface area contributed by atoms with E-state index in [2.05, 4.69) is 32.3 Å². The second-order valence-electron chi connectivity index (χ2n) is 8.39. The molecule has 1 aliphatic carbocycles. The molecule has 3 aromatic rings. The summed E-state index contributed by atoms with van der Waals surface area (Å²) in [6, 6.07) is 15.4. The van der Waals surface area contributed by atoms with Crippen molar-refractivity contribution >= 4 is 28.9 Å². The molecule has 0 atom stereocenters. The molecule has 2 heterocycles. The van der Waals surface area contributed by atoms with Crippen molar-refractivity contribution in [3.05, 3.63) is 71.5 Å². The minimum atomic E-state index is -0.174. The molecule has 2 fully saturated rings. The van der Waals surface area contributed by atoms with Crippen molar-refractivity contribution in [1.82, 2.24) is 14.7 Å². The van der Waals surface area contributed by atoms with E-state index in [-0.39, 0.29) is 5.91 Å². The number of benzene rings is 2. The third-order valence-electron chi connectivity index (χ3n) is 5.99. The average molecular weight is 436 g/mol. The minimum absolute atomic E-state index is 0.174. The van der Waals surface area contributed by atoms with Crippen LogP contribution in [-0.4, -0.2) is 53.3 Å². The summed E-state index contributed by atoms with van der Waals surface area (Å²) < 4.78 is 1.67. The van der Waals surface area contributed by atoms with Crippen LogP contribution in [0.25, 0.3) is 5.69 Å². The summed E-state index contributed by atoms with van der Waals surface area (Å²) in [5.74, 6) is 0.765. The first-order chi connectivity index (χ1) is 15.1. The van der Waals surface area contributed by atoms with Crippen LogP contribution in [0.2, 0.25) is 5.02 Å². The molecule has 1 saturated carbocycles. The van der Waals surface area contributed by atoms with Gasteiger partial charge >= 0.3 is 0 Å². The smallest absolute Gasteiger partial charge is 0.258 e. The molecular formula is C24H26ClN5O. The van der Waals surface area contributed by atoms with E-state index >= 15 is 0 Å². The van der Waals surface area contributed by atoms with Crippen LogP contribution in [0, 0.1) is 5.92 Å². The second kappa shape index (κ2) is 8.73. The molecule has 6 nitrogen and oxygen atoms in total. The molecule has 7 heteroatoms. The number of rotatable bonds is 6. The summed E-state index contributed by atoms with van der Waals surface area (Å²) in [4.78, 5) is 17.7. The molecule has 0 bridgehead atoms. The fraction of sp³-hybridized carbons (Fsp3) is 0.333. The summed E-state index contributed by atoms with van der Waals surface area (Å²) in [5, 5.41) is 7.97. The van der Waals surface area contributed by atoms with E-state index in [9.17, 15) is 4.79 Å². The van der Waals surface area contributed by atoms with Crippen LogP contribution < -0.4 is 10.2 Å². The molecule has 1 N–H and O–H groups in total. The summed E-state index contributed by atoms with van der Waals surface area (Å²) >= 11 is 5.94. The molecule has 0 radical (unpaired) electrons. The molecule has 1 saturated heterocycles. The van der Waals surface area contributed by atoms with Crippen molar-refractivity contribution in [2.24, 2.45) is 5.92 Å². The Balaban J connectivity index is 1.21. The summed E-state index contributed by atoms with van der Waals surface area (Å²) in [5.41, 5.74) is 3.31. The van der Waals surface area contributed by atoms with E-state index in [4.69, 9.17) is 11.6 Å². The van der Waals surface area contributed by atoms with Crippen LogP contribution in [0.3, 0.4) is 0 Å². The van der Waals surface area contributed by atoms with Gasteiger partial charge in [0.2, 0.25) is 0 Å². The summed E-state index contributed by atoms with van der Waals surface area (Å²) in [7, 11) is 0. The van der Waals surface area contributed by atoms with Crippen molar-refractivity contribution in [3.8, 4) is 5.69 Å². The molecule has 0 unspecified atom stereocenters. The highest BCUT2D eigenvalue weighted by atomic mass is 35.5. The molecule has 1 aromatic heterocycles. The van der Waals surface area contributed by atoms with Crippen LogP contribution >= 0.6 is 11.6 Å². The van der Waals surface area contributed by atoms with Crippen molar-refractivity contribution in [3.63, 3.8) is 0 Å². The van der Waals surface area contributed by atoms with Crippen LogP contribution in [0.1, 0.15) is 23.2 Å². The van der Waals surface area contributed by atoms with E-state index in [0.717, 1.165) is 49.2 Å². The van der Waals surface area contributed by atoms with Gasteiger partial charge in [-0.3, -0.25) is 9.69 Å². The van der Waals surface area contributed by atoms with Crippen molar-refractivity contribution in [2.45, 2.75) is 12.8 Å². The van der Waals surface area contributed by atoms with Crippen molar-refractivity contribution in [1.29, 1.82) is 0 Å². The van der Waals surface area contributed by atoms with Crippen LogP contribution in [0.5, 0.6) is 0 Å². The van der Waals surface area contributed by atoms with Crippen LogP contribution in [0.4, 0.5) is 11.4 Å². The first-order valence-corrected chi connectivity index (χ1v) is 11.2. The lowest BCUT2D eigenvalue weighted by atomic mass is 10.2. The number of hydrogen-bond donors (Lipinski definition) is 1. The Morgan fingerprint density at radius 1 is 1.03 bits per heavy atom. The minimum Gasteiger partial charge on any atom is -0.369 e. The average Bonchev–Trinajstić information content (AvgIpc) is 3.46. The van der Waals surface area contributed by atoms with Gasteiger partial charge in [0.1, 0.15) is 0 Å². The zero-order valence-corrected chi connectivity index (χ0v) is 18.1. The predicted octanol–water partition coefficient (Wildman–Crippen LogP) is 4.31. The van der Waals surface area contributed by atoms with E-state index in [0.29, 0.717) is 10.6 Å². The lowest BCUT2D eigenvalue weighted by molar-refractivity contribution is 0.102. The van der Waals surface area contributed by atoms with Gasteiger partial charge in [-0.15, -0.1) is 0 Å². The Morgan fingerprint density at radius 3 is 2.55 bits per heavy atom. The van der Waals surface area contributed by atoms with Gasteiger partial charge in [0.05, 0.1) is 17.4 Å². The Labute approximate surface area is 187 Å². The number of nitrogens with zero attached hydrogens (tertiary/aromatic N) is 4. The lowest BCUT2D eigenvalue weighted by Crippen LogP contribution is -2.47. The molecule has 2 aliphatic rings. The quantitative estimate of drug-likeness (QED) is 0.626. The molecule has 1 aliphatic heterocycles. The Bertz CT molecular complexity index is 1050. The predicted molar refractivity (Wildman–Crippen MR) is 124 cm³/mol. The van der Waals surface area contributed by atoms with Gasteiger partial charge in [-0.2, -0.15) is 5.10 Å². The number of carbonyl (C=O) groups is 1. The van der Waals surface area contributed by atoms with Gasteiger partial charge in [0.15, 0.2) is 0 Å². The van der Waals surface area contributed by atoms with Crippen LogP contribution in [0.15, 0.2) is 60.9 Å². The second-order valence-corrected chi connectivity index (χ2v) is 8.82. The highest BCUT2D eigenvalue weighted by Gasteiger charge is 2.26. The van der Waals surface area contributed by atoms with Gasteiger partial charge in [0.25, 0.3) is 5.91 Å². The maximum absolute atomic E-state index is 12.7. The van der Waals surface area contributed by atoms with E-state index in [1.54, 1.807) is 29.2 Å². The van der Waals surface area contributed by atoms with Gasteiger partial charge in [-0.05, 0) is 61.2 Å². The molecular weight excluding hydrogens is 410 g/mol. The van der Waals surface area contributed by atoms with Crippen LogP contribution in [-0.2, 0) is 0 Å². The highest BCUT2D eigenvalue weighted by Crippen LogP contribution is 2.30. The normalized spacial score (nSPS) is 17.0. The zero-order valence-electron chi connectivity index (χ0n) is 17.4. The number of amides is 1. The summed E-state index contributed by atoms with van der Waals surface area (Å²) in [6.07, 6.45) is 6.11. The maximum atomic E-state index is 12.7. The highest BCUT2D eigenvalue weighted by molar-refractivity contribution is 6.30. The molecule has 5 rings (SSSR count). The van der Waals surface area contributed by atoms with Gasteiger partial charge in [-0.1, -0.05) is 17.7 Å². The standard InChI is InChI=1S/C24H26ClN5O/c25-20-6-8-22(9-7-20)30-17-19(15-26-30)24(31)27-21-2-1-3-23(14-21)29-12-10-28(11-13-29)16-18-4-5-18/h1-3,6-9,14-15,17-18H,4-5,10-13,16H2,(H,27,31). The number of piperazine rings is 1. The number of carbonyl (C=O) groups excluding carboxylic acids is 1.